The number of alkyl halides is 9. The van der Waals surface area contributed by atoms with Crippen LogP contribution in [0.25, 0.3) is 0 Å². The summed E-state index contributed by atoms with van der Waals surface area (Å²) in [6, 6.07) is 0. The van der Waals surface area contributed by atoms with E-state index in [-0.39, 0.29) is 47.2 Å². The van der Waals surface area contributed by atoms with Crippen molar-refractivity contribution in [1.82, 2.24) is 0 Å². The van der Waals surface area contributed by atoms with Crippen LogP contribution in [0.1, 0.15) is 0 Å². The predicted octanol–water partition coefficient (Wildman–Crippen LogP) is -0.505. The third kappa shape index (κ3) is 29.4. The van der Waals surface area contributed by atoms with Crippen LogP contribution < -0.4 is 15.3 Å². The molecule has 1 radical (unpaired) electrons. The Morgan fingerprint density at radius 1 is 0.522 bits per heavy atom. The first-order valence-corrected chi connectivity index (χ1v) is 7.08. The molecule has 135 valence electrons. The van der Waals surface area contributed by atoms with Gasteiger partial charge in [0.05, 0.1) is 17.9 Å². The van der Waals surface area contributed by atoms with Crippen LogP contribution in [0.2, 0.25) is 0 Å². The molecule has 0 rings (SSSR count). The molecule has 0 atom stereocenters. The van der Waals surface area contributed by atoms with E-state index in [1.165, 1.54) is 0 Å². The maximum atomic E-state index is 9.51. The van der Waals surface area contributed by atoms with Crippen LogP contribution in [0.3, 0.4) is 0 Å². The topological polar surface area (TPSA) is 152 Å². The van der Waals surface area contributed by atoms with Gasteiger partial charge in [0.2, 0.25) is 11.4 Å². The molecule has 17 heteroatoms. The minimum Gasteiger partial charge on any atom is -0.545 e. The average Bonchev–Trinajstić information content (AvgIpc) is 2.14. The molecule has 0 aromatic rings. The molecule has 0 aliphatic heterocycles. The molecule has 0 saturated carbocycles. The van der Waals surface area contributed by atoms with Crippen molar-refractivity contribution in [2.24, 2.45) is 0 Å². The van der Waals surface area contributed by atoms with Crippen molar-refractivity contribution in [1.29, 1.82) is 0 Å². The van der Waals surface area contributed by atoms with Gasteiger partial charge in [-0.2, -0.15) is 0 Å². The van der Waals surface area contributed by atoms with E-state index >= 15 is 0 Å². The van der Waals surface area contributed by atoms with Crippen LogP contribution in [0, 0.1) is 41.7 Å². The Hall–Kier alpha value is 2.36. The van der Waals surface area contributed by atoms with Gasteiger partial charge < -0.3 is 35.2 Å². The first kappa shape index (κ1) is 36.3. The number of carboxylic acid groups (broad SMARTS) is 3. The first-order valence-electron chi connectivity index (χ1n) is 3.68. The van der Waals surface area contributed by atoms with E-state index in [4.69, 9.17) is 104 Å². The zero-order valence-corrected chi connectivity index (χ0v) is 19.8. The van der Waals surface area contributed by atoms with Crippen LogP contribution in [-0.2, 0) is 14.4 Å². The summed E-state index contributed by atoms with van der Waals surface area (Å²) >= 11 is 42.6. The fourth-order valence-electron chi connectivity index (χ4n) is 0. The van der Waals surface area contributed by atoms with Crippen molar-refractivity contribution in [3.8, 4) is 0 Å². The van der Waals surface area contributed by atoms with Crippen molar-refractivity contribution in [2.45, 2.75) is 11.4 Å². The van der Waals surface area contributed by atoms with Crippen LogP contribution in [0.15, 0.2) is 0 Å². The number of carbonyl (C=O) groups is 3. The SMILES string of the molecule is O.O=C([O-])C(Cl)(Cl)Cl.O=C([O-])C(Cl)(Cl)Cl.O=C([O-])C(Cl)(Cl)Cl.[Ce+3]. The molecule has 2 N–H and O–H groups in total. The van der Waals surface area contributed by atoms with Gasteiger partial charge in [0.25, 0.3) is 0 Å². The van der Waals surface area contributed by atoms with Gasteiger partial charge in [0.1, 0.15) is 0 Å². The molecule has 0 bridgehead atoms. The summed E-state index contributed by atoms with van der Waals surface area (Å²) in [6.45, 7) is 0. The second-order valence-corrected chi connectivity index (χ2v) is 9.20. The van der Waals surface area contributed by atoms with Gasteiger partial charge in [-0.1, -0.05) is 104 Å². The van der Waals surface area contributed by atoms with Crippen molar-refractivity contribution in [2.75, 3.05) is 0 Å². The van der Waals surface area contributed by atoms with Gasteiger partial charge >= 0.3 is 41.7 Å². The van der Waals surface area contributed by atoms with E-state index < -0.39 is 29.3 Å². The maximum Gasteiger partial charge on any atom is 3.00 e. The molecule has 0 fully saturated rings. The summed E-state index contributed by atoms with van der Waals surface area (Å²) in [5, 5.41) is 28.5. The minimum atomic E-state index is -2.28. The van der Waals surface area contributed by atoms with Crippen LogP contribution >= 0.6 is 104 Å². The van der Waals surface area contributed by atoms with Crippen LogP contribution in [-0.4, -0.2) is 34.8 Å². The molecule has 0 aromatic heterocycles. The van der Waals surface area contributed by atoms with E-state index in [1.54, 1.807) is 0 Å². The molecular weight excluding hydrogens is 643 g/mol. The number of hydrogen-bond donors (Lipinski definition) is 0. The van der Waals surface area contributed by atoms with Gasteiger partial charge in [-0.05, 0) is 0 Å². The Morgan fingerprint density at radius 3 is 0.565 bits per heavy atom. The van der Waals surface area contributed by atoms with E-state index in [1.807, 2.05) is 0 Å². The number of aliphatic carboxylic acids is 3. The number of carbonyl (C=O) groups excluding carboxylic acids is 3. The molecule has 0 aromatic carbocycles. The zero-order valence-electron chi connectivity index (χ0n) is 9.85. The molecule has 0 saturated heterocycles. The Bertz CT molecular complexity index is 315. The second kappa shape index (κ2) is 15.4. The number of rotatable bonds is 0. The number of halogens is 9. The molecule has 0 heterocycles. The predicted molar refractivity (Wildman–Crippen MR) is 79.5 cm³/mol. The second-order valence-electron chi connectivity index (χ2n) is 2.36. The van der Waals surface area contributed by atoms with E-state index in [9.17, 15) is 29.7 Å². The largest absolute Gasteiger partial charge is 3.00 e. The molecule has 7 nitrogen and oxygen atoms in total. The van der Waals surface area contributed by atoms with E-state index in [2.05, 4.69) is 0 Å². The quantitative estimate of drug-likeness (QED) is 0.324. The third-order valence-electron chi connectivity index (χ3n) is 0.694. The van der Waals surface area contributed by atoms with Crippen molar-refractivity contribution < 1.29 is 76.9 Å². The molecule has 0 unspecified atom stereocenters. The third-order valence-corrected chi connectivity index (χ3v) is 2.08. The van der Waals surface area contributed by atoms with Gasteiger partial charge in [-0.15, -0.1) is 0 Å². The van der Waals surface area contributed by atoms with Crippen LogP contribution in [0.5, 0.6) is 0 Å². The molecular formula is C6H2CeCl9O7. The van der Waals surface area contributed by atoms with E-state index in [0.29, 0.717) is 0 Å². The standard InChI is InChI=1S/3C2HCl3O2.Ce.H2O/c3*3-2(4,5)1(6)7;;/h3*(H,6,7);;1H2/q;;;+3;/p-3. The van der Waals surface area contributed by atoms with Crippen LogP contribution in [0.4, 0.5) is 0 Å². The molecule has 23 heavy (non-hydrogen) atoms. The fraction of sp³-hybridized carbons (Fsp3) is 0.500. The zero-order chi connectivity index (χ0) is 18.2. The van der Waals surface area contributed by atoms with Gasteiger partial charge in [-0.25, -0.2) is 0 Å². The Labute approximate surface area is 208 Å². The van der Waals surface area contributed by atoms with Gasteiger partial charge in [0.15, 0.2) is 0 Å². The van der Waals surface area contributed by atoms with Crippen molar-refractivity contribution >= 4 is 122 Å². The number of hydrogen-bond acceptors (Lipinski definition) is 6. The average molecular weight is 645 g/mol. The normalized spacial score (nSPS) is 10.3. The van der Waals surface area contributed by atoms with Gasteiger partial charge in [0, 0.05) is 0 Å². The Balaban J connectivity index is -0.0000000675. The minimum absolute atomic E-state index is 0. The smallest absolute Gasteiger partial charge is 0.545 e. The molecule has 0 aliphatic rings. The molecule has 0 amide bonds. The summed E-state index contributed by atoms with van der Waals surface area (Å²) in [5.41, 5.74) is 0. The van der Waals surface area contributed by atoms with Crippen molar-refractivity contribution in [3.05, 3.63) is 0 Å². The monoisotopic (exact) mass is 641 g/mol. The summed E-state index contributed by atoms with van der Waals surface area (Å²) < 4.78 is -6.83. The van der Waals surface area contributed by atoms with Gasteiger partial charge in [-0.3, -0.25) is 0 Å². The number of carboxylic acids is 3. The summed E-state index contributed by atoms with van der Waals surface area (Å²) in [5.74, 6) is -5.13. The summed E-state index contributed by atoms with van der Waals surface area (Å²) in [6.07, 6.45) is 0. The fourth-order valence-corrected chi connectivity index (χ4v) is 0. The molecule has 0 aliphatic carbocycles. The summed E-state index contributed by atoms with van der Waals surface area (Å²) in [7, 11) is 0. The van der Waals surface area contributed by atoms with E-state index in [0.717, 1.165) is 0 Å². The Morgan fingerprint density at radius 2 is 0.565 bits per heavy atom. The Kier molecular flexibility index (Phi) is 24.3. The first-order chi connectivity index (χ1) is 8.83. The van der Waals surface area contributed by atoms with Crippen molar-refractivity contribution in [3.63, 3.8) is 0 Å². The maximum absolute atomic E-state index is 9.51. The molecule has 0 spiro atoms. The summed E-state index contributed by atoms with van der Waals surface area (Å²) in [4.78, 5) is 28.5.